The van der Waals surface area contributed by atoms with Crippen molar-refractivity contribution in [2.24, 2.45) is 5.92 Å². The first-order chi connectivity index (χ1) is 8.24. The number of hydrogen-bond acceptors (Lipinski definition) is 4. The summed E-state index contributed by atoms with van der Waals surface area (Å²) < 4.78 is 5.03. The van der Waals surface area contributed by atoms with E-state index < -0.39 is 0 Å². The molecule has 2 atom stereocenters. The van der Waals surface area contributed by atoms with Gasteiger partial charge in [0.25, 0.3) is 5.91 Å². The second kappa shape index (κ2) is 4.14. The Labute approximate surface area is 100 Å². The summed E-state index contributed by atoms with van der Waals surface area (Å²) in [5.74, 6) is 0.944. The average Bonchev–Trinajstić information content (AvgIpc) is 2.93. The van der Waals surface area contributed by atoms with Crippen molar-refractivity contribution in [2.75, 3.05) is 19.6 Å². The molecule has 0 aromatic carbocycles. The molecule has 5 nitrogen and oxygen atoms in total. The number of carbonyl (C=O) groups is 1. The second-order valence-electron chi connectivity index (χ2n) is 5.01. The topological polar surface area (TPSA) is 58.4 Å². The molecule has 1 aromatic heterocycles. The molecule has 0 aliphatic carbocycles. The van der Waals surface area contributed by atoms with Crippen molar-refractivity contribution in [1.82, 2.24) is 15.4 Å². The number of hydrogen-bond donors (Lipinski definition) is 1. The van der Waals surface area contributed by atoms with Gasteiger partial charge in [0.05, 0.1) is 5.69 Å². The standard InChI is InChI=1S/C12H17N3O2/c1-8-5-11(17-14-8)12(16)15-6-9-3-2-4-13-10(9)7-15/h5,9-10,13H,2-4,6-7H2,1H3/t9-,10+/m0/s1. The Morgan fingerprint density at radius 3 is 3.18 bits per heavy atom. The highest BCUT2D eigenvalue weighted by molar-refractivity contribution is 5.91. The highest BCUT2D eigenvalue weighted by Gasteiger charge is 2.37. The van der Waals surface area contributed by atoms with E-state index >= 15 is 0 Å². The summed E-state index contributed by atoms with van der Waals surface area (Å²) in [4.78, 5) is 14.1. The molecule has 0 radical (unpaired) electrons. The van der Waals surface area contributed by atoms with Crippen LogP contribution in [0.15, 0.2) is 10.6 Å². The van der Waals surface area contributed by atoms with Crippen molar-refractivity contribution >= 4 is 5.91 Å². The van der Waals surface area contributed by atoms with E-state index in [1.165, 1.54) is 12.8 Å². The molecule has 92 valence electrons. The minimum atomic E-state index is -0.0261. The number of nitrogens with zero attached hydrogens (tertiary/aromatic N) is 2. The molecule has 0 spiro atoms. The summed E-state index contributed by atoms with van der Waals surface area (Å²) in [5.41, 5.74) is 0.753. The molecule has 3 rings (SSSR count). The molecule has 17 heavy (non-hydrogen) atoms. The second-order valence-corrected chi connectivity index (χ2v) is 5.01. The Hall–Kier alpha value is -1.36. The van der Waals surface area contributed by atoms with Gasteiger partial charge in [-0.2, -0.15) is 0 Å². The first-order valence-corrected chi connectivity index (χ1v) is 6.20. The van der Waals surface area contributed by atoms with Gasteiger partial charge in [0.2, 0.25) is 5.76 Å². The molecule has 2 aliphatic heterocycles. The van der Waals surface area contributed by atoms with E-state index in [-0.39, 0.29) is 5.91 Å². The lowest BCUT2D eigenvalue weighted by molar-refractivity contribution is 0.0744. The largest absolute Gasteiger partial charge is 0.351 e. The van der Waals surface area contributed by atoms with E-state index in [1.807, 2.05) is 11.8 Å². The number of aryl methyl sites for hydroxylation is 1. The molecule has 2 aliphatic rings. The van der Waals surface area contributed by atoms with E-state index in [1.54, 1.807) is 6.07 Å². The zero-order chi connectivity index (χ0) is 11.8. The summed E-state index contributed by atoms with van der Waals surface area (Å²) in [7, 11) is 0. The van der Waals surface area contributed by atoms with Crippen molar-refractivity contribution < 1.29 is 9.32 Å². The number of rotatable bonds is 1. The van der Waals surface area contributed by atoms with Gasteiger partial charge in [-0.15, -0.1) is 0 Å². The first kappa shape index (κ1) is 10.8. The number of aromatic nitrogens is 1. The van der Waals surface area contributed by atoms with Crippen LogP contribution in [0.3, 0.4) is 0 Å². The first-order valence-electron chi connectivity index (χ1n) is 6.20. The van der Waals surface area contributed by atoms with Crippen LogP contribution < -0.4 is 5.32 Å². The van der Waals surface area contributed by atoms with Crippen molar-refractivity contribution in [2.45, 2.75) is 25.8 Å². The number of likely N-dealkylation sites (tertiary alicyclic amines) is 1. The molecule has 2 fully saturated rings. The summed E-state index contributed by atoms with van der Waals surface area (Å²) in [6.45, 7) is 4.54. The van der Waals surface area contributed by atoms with Crippen LogP contribution in [0, 0.1) is 12.8 Å². The van der Waals surface area contributed by atoms with Crippen LogP contribution in [0.2, 0.25) is 0 Å². The predicted molar refractivity (Wildman–Crippen MR) is 61.7 cm³/mol. The van der Waals surface area contributed by atoms with Gasteiger partial charge in [-0.1, -0.05) is 5.16 Å². The monoisotopic (exact) mass is 235 g/mol. The summed E-state index contributed by atoms with van der Waals surface area (Å²) in [6.07, 6.45) is 2.43. The highest BCUT2D eigenvalue weighted by Crippen LogP contribution is 2.26. The van der Waals surface area contributed by atoms with Gasteiger partial charge in [-0.05, 0) is 32.2 Å². The Morgan fingerprint density at radius 2 is 2.47 bits per heavy atom. The third-order valence-corrected chi connectivity index (χ3v) is 3.73. The van der Waals surface area contributed by atoms with Gasteiger partial charge in [-0.25, -0.2) is 0 Å². The van der Waals surface area contributed by atoms with Crippen LogP contribution in [0.1, 0.15) is 29.1 Å². The smallest absolute Gasteiger partial charge is 0.292 e. The van der Waals surface area contributed by atoms with E-state index in [4.69, 9.17) is 4.52 Å². The number of nitrogens with one attached hydrogen (secondary N) is 1. The Balaban J connectivity index is 1.71. The molecule has 1 N–H and O–H groups in total. The highest BCUT2D eigenvalue weighted by atomic mass is 16.5. The van der Waals surface area contributed by atoms with Crippen molar-refractivity contribution in [1.29, 1.82) is 0 Å². The van der Waals surface area contributed by atoms with Gasteiger partial charge < -0.3 is 14.7 Å². The van der Waals surface area contributed by atoms with Crippen LogP contribution in [-0.4, -0.2) is 41.6 Å². The van der Waals surface area contributed by atoms with E-state index in [2.05, 4.69) is 10.5 Å². The molecule has 3 heterocycles. The summed E-state index contributed by atoms with van der Waals surface area (Å²) in [5, 5.41) is 7.24. The quantitative estimate of drug-likeness (QED) is 0.782. The molecule has 1 aromatic rings. The van der Waals surface area contributed by atoms with Gasteiger partial charge in [-0.3, -0.25) is 4.79 Å². The molecule has 2 saturated heterocycles. The van der Waals surface area contributed by atoms with E-state index in [0.717, 1.165) is 25.3 Å². The zero-order valence-electron chi connectivity index (χ0n) is 9.98. The molecule has 1 amide bonds. The molecule has 0 saturated carbocycles. The normalized spacial score (nSPS) is 28.2. The number of carbonyl (C=O) groups excluding carboxylic acids is 1. The minimum Gasteiger partial charge on any atom is -0.351 e. The van der Waals surface area contributed by atoms with Gasteiger partial charge in [0.15, 0.2) is 0 Å². The van der Waals surface area contributed by atoms with Crippen molar-refractivity contribution in [3.05, 3.63) is 17.5 Å². The molecular weight excluding hydrogens is 218 g/mol. The maximum atomic E-state index is 12.2. The summed E-state index contributed by atoms with van der Waals surface area (Å²) >= 11 is 0. The van der Waals surface area contributed by atoms with Crippen LogP contribution in [0.5, 0.6) is 0 Å². The lowest BCUT2D eigenvalue weighted by Crippen LogP contribution is -2.41. The van der Waals surface area contributed by atoms with Crippen LogP contribution in [0.25, 0.3) is 0 Å². The maximum Gasteiger partial charge on any atom is 0.292 e. The number of piperidine rings is 1. The van der Waals surface area contributed by atoms with Crippen molar-refractivity contribution in [3.63, 3.8) is 0 Å². The predicted octanol–water partition coefficient (Wildman–Crippen LogP) is 0.807. The fourth-order valence-corrected chi connectivity index (χ4v) is 2.83. The number of fused-ring (bicyclic) bond motifs is 1. The summed E-state index contributed by atoms with van der Waals surface area (Å²) in [6, 6.07) is 2.18. The average molecular weight is 235 g/mol. The molecule has 0 bridgehead atoms. The van der Waals surface area contributed by atoms with E-state index in [9.17, 15) is 4.79 Å². The third kappa shape index (κ3) is 1.95. The van der Waals surface area contributed by atoms with Crippen LogP contribution in [-0.2, 0) is 0 Å². The number of amides is 1. The SMILES string of the molecule is Cc1cc(C(=O)N2C[C@@H]3CCCN[C@@H]3C2)on1. The Morgan fingerprint density at radius 1 is 1.59 bits per heavy atom. The Bertz CT molecular complexity index is 415. The minimum absolute atomic E-state index is 0.0261. The maximum absolute atomic E-state index is 12.2. The fourth-order valence-electron chi connectivity index (χ4n) is 2.83. The van der Waals surface area contributed by atoms with Crippen LogP contribution >= 0.6 is 0 Å². The lowest BCUT2D eigenvalue weighted by atomic mass is 9.94. The zero-order valence-corrected chi connectivity index (χ0v) is 9.98. The molecule has 5 heteroatoms. The van der Waals surface area contributed by atoms with E-state index in [0.29, 0.717) is 17.7 Å². The molecule has 0 unspecified atom stereocenters. The van der Waals surface area contributed by atoms with Gasteiger partial charge in [0, 0.05) is 25.2 Å². The van der Waals surface area contributed by atoms with Gasteiger partial charge >= 0.3 is 0 Å². The van der Waals surface area contributed by atoms with Crippen LogP contribution in [0.4, 0.5) is 0 Å². The third-order valence-electron chi connectivity index (χ3n) is 3.73. The Kier molecular flexibility index (Phi) is 2.63. The molecular formula is C12H17N3O2. The fraction of sp³-hybridized carbons (Fsp3) is 0.667. The lowest BCUT2D eigenvalue weighted by Gasteiger charge is -2.24. The van der Waals surface area contributed by atoms with Crippen molar-refractivity contribution in [3.8, 4) is 0 Å². The van der Waals surface area contributed by atoms with Gasteiger partial charge in [0.1, 0.15) is 0 Å².